The summed E-state index contributed by atoms with van der Waals surface area (Å²) in [4.78, 5) is 4.04. The molecule has 0 aromatic carbocycles. The van der Waals surface area contributed by atoms with Gasteiger partial charge in [-0.3, -0.25) is 0 Å². The van der Waals surface area contributed by atoms with Gasteiger partial charge in [0.2, 0.25) is 0 Å². The third kappa shape index (κ3) is 3.34. The predicted octanol–water partition coefficient (Wildman–Crippen LogP) is 1.72. The molecule has 0 saturated carbocycles. The van der Waals surface area contributed by atoms with Crippen molar-refractivity contribution in [3.05, 3.63) is 23.9 Å². The third-order valence-corrected chi connectivity index (χ3v) is 2.37. The highest BCUT2D eigenvalue weighted by Crippen LogP contribution is 2.11. The molecule has 1 unspecified atom stereocenters. The lowest BCUT2D eigenvalue weighted by molar-refractivity contribution is 0.561. The molecule has 3 nitrogen and oxygen atoms in total. The molecule has 4 N–H and O–H groups in total. The van der Waals surface area contributed by atoms with Crippen molar-refractivity contribution in [1.29, 1.82) is 0 Å². The van der Waals surface area contributed by atoms with Crippen molar-refractivity contribution >= 4 is 5.82 Å². The van der Waals surface area contributed by atoms with Crippen LogP contribution in [0.1, 0.15) is 31.7 Å². The van der Waals surface area contributed by atoms with Crippen LogP contribution in [-0.4, -0.2) is 11.0 Å². The summed E-state index contributed by atoms with van der Waals surface area (Å²) in [6.07, 6.45) is 5.86. The van der Waals surface area contributed by atoms with Crippen LogP contribution in [0.2, 0.25) is 0 Å². The van der Waals surface area contributed by atoms with E-state index in [0.717, 1.165) is 31.2 Å². The van der Waals surface area contributed by atoms with Crippen LogP contribution < -0.4 is 11.5 Å². The van der Waals surface area contributed by atoms with Gasteiger partial charge in [0, 0.05) is 12.2 Å². The lowest BCUT2D eigenvalue weighted by Crippen LogP contribution is -2.20. The Morgan fingerprint density at radius 1 is 1.43 bits per heavy atom. The van der Waals surface area contributed by atoms with Gasteiger partial charge in [-0.25, -0.2) is 4.98 Å². The minimum atomic E-state index is 0.291. The average Bonchev–Trinajstić information content (AvgIpc) is 2.17. The maximum Gasteiger partial charge on any atom is 0.126 e. The van der Waals surface area contributed by atoms with E-state index in [1.54, 1.807) is 6.20 Å². The Labute approximate surface area is 85.5 Å². The first-order chi connectivity index (χ1) is 6.74. The normalized spacial score (nSPS) is 12.7. The minimum absolute atomic E-state index is 0.291. The predicted molar refractivity (Wildman–Crippen MR) is 59.9 cm³/mol. The second kappa shape index (κ2) is 5.60. The summed E-state index contributed by atoms with van der Waals surface area (Å²) in [5.74, 6) is 0.635. The lowest BCUT2D eigenvalue weighted by atomic mass is 10.0. The second-order valence-corrected chi connectivity index (χ2v) is 3.64. The van der Waals surface area contributed by atoms with E-state index in [-0.39, 0.29) is 0 Å². The lowest BCUT2D eigenvalue weighted by Gasteiger charge is -2.10. The first-order valence-corrected chi connectivity index (χ1v) is 5.19. The van der Waals surface area contributed by atoms with Gasteiger partial charge in [0.1, 0.15) is 5.82 Å². The van der Waals surface area contributed by atoms with E-state index in [1.165, 1.54) is 0 Å². The van der Waals surface area contributed by atoms with E-state index in [4.69, 9.17) is 11.5 Å². The summed E-state index contributed by atoms with van der Waals surface area (Å²) in [6.45, 7) is 2.15. The molecule has 0 aliphatic carbocycles. The molecular weight excluding hydrogens is 174 g/mol. The Morgan fingerprint density at radius 2 is 2.21 bits per heavy atom. The number of nitrogen functional groups attached to an aromatic ring is 1. The number of hydrogen-bond acceptors (Lipinski definition) is 3. The zero-order chi connectivity index (χ0) is 10.4. The topological polar surface area (TPSA) is 64.9 Å². The second-order valence-electron chi connectivity index (χ2n) is 3.64. The molecule has 0 aliphatic heterocycles. The molecule has 1 atom stereocenters. The quantitative estimate of drug-likeness (QED) is 0.748. The summed E-state index contributed by atoms with van der Waals surface area (Å²) in [5.41, 5.74) is 12.8. The first kappa shape index (κ1) is 11.0. The fraction of sp³-hybridized carbons (Fsp3) is 0.545. The molecular formula is C11H19N3. The summed E-state index contributed by atoms with van der Waals surface area (Å²) >= 11 is 0. The van der Waals surface area contributed by atoms with Crippen LogP contribution in [-0.2, 0) is 6.42 Å². The van der Waals surface area contributed by atoms with Crippen LogP contribution >= 0.6 is 0 Å². The maximum atomic E-state index is 5.92. The van der Waals surface area contributed by atoms with Crippen molar-refractivity contribution in [2.45, 2.75) is 38.6 Å². The summed E-state index contributed by atoms with van der Waals surface area (Å²) in [6, 6.07) is 4.22. The molecule has 1 aromatic rings. The molecule has 0 aliphatic rings. The molecule has 14 heavy (non-hydrogen) atoms. The summed E-state index contributed by atoms with van der Waals surface area (Å²) in [7, 11) is 0. The zero-order valence-electron chi connectivity index (χ0n) is 8.74. The van der Waals surface area contributed by atoms with Crippen molar-refractivity contribution in [3.63, 3.8) is 0 Å². The number of hydrogen-bond donors (Lipinski definition) is 2. The van der Waals surface area contributed by atoms with E-state index < -0.39 is 0 Å². The Morgan fingerprint density at radius 3 is 2.86 bits per heavy atom. The molecule has 0 saturated heterocycles. The molecule has 0 spiro atoms. The van der Waals surface area contributed by atoms with Gasteiger partial charge in [-0.15, -0.1) is 0 Å². The van der Waals surface area contributed by atoms with E-state index in [9.17, 15) is 0 Å². The number of aromatic nitrogens is 1. The summed E-state index contributed by atoms with van der Waals surface area (Å²) < 4.78 is 0. The van der Waals surface area contributed by atoms with E-state index in [0.29, 0.717) is 11.9 Å². The number of aryl methyl sites for hydroxylation is 1. The van der Waals surface area contributed by atoms with Gasteiger partial charge in [-0.05, 0) is 30.9 Å². The van der Waals surface area contributed by atoms with Crippen LogP contribution in [0.25, 0.3) is 0 Å². The van der Waals surface area contributed by atoms with Crippen molar-refractivity contribution in [3.8, 4) is 0 Å². The maximum absolute atomic E-state index is 5.92. The van der Waals surface area contributed by atoms with Crippen LogP contribution in [0.3, 0.4) is 0 Å². The highest BCUT2D eigenvalue weighted by Gasteiger charge is 2.04. The number of nitrogens with zero attached hydrogens (tertiary/aromatic N) is 1. The molecule has 1 rings (SSSR count). The van der Waals surface area contributed by atoms with Gasteiger partial charge >= 0.3 is 0 Å². The van der Waals surface area contributed by atoms with Crippen molar-refractivity contribution in [1.82, 2.24) is 4.98 Å². The Hall–Kier alpha value is -1.09. The van der Waals surface area contributed by atoms with Crippen LogP contribution in [0.4, 0.5) is 5.82 Å². The van der Waals surface area contributed by atoms with E-state index in [1.807, 2.05) is 12.1 Å². The molecule has 1 aromatic heterocycles. The molecule has 0 bridgehead atoms. The molecule has 0 fully saturated rings. The Balaban J connectivity index is 2.41. The number of rotatable bonds is 5. The van der Waals surface area contributed by atoms with Gasteiger partial charge in [0.05, 0.1) is 0 Å². The Kier molecular flexibility index (Phi) is 4.40. The van der Waals surface area contributed by atoms with Crippen LogP contribution in [0.15, 0.2) is 18.3 Å². The standard InChI is InChI=1S/C11H19N3/c1-2-4-10(12)7-6-9-5-3-8-14-11(9)13/h3,5,8,10H,2,4,6-7,12H2,1H3,(H2,13,14). The smallest absolute Gasteiger partial charge is 0.126 e. The Bertz CT molecular complexity index is 273. The summed E-state index contributed by atoms with van der Waals surface area (Å²) in [5, 5.41) is 0. The highest BCUT2D eigenvalue weighted by atomic mass is 14.8. The van der Waals surface area contributed by atoms with Gasteiger partial charge in [0.15, 0.2) is 0 Å². The number of pyridine rings is 1. The van der Waals surface area contributed by atoms with Crippen LogP contribution in [0.5, 0.6) is 0 Å². The van der Waals surface area contributed by atoms with Crippen molar-refractivity contribution in [2.24, 2.45) is 5.73 Å². The third-order valence-electron chi connectivity index (χ3n) is 2.37. The molecule has 78 valence electrons. The van der Waals surface area contributed by atoms with Crippen molar-refractivity contribution in [2.75, 3.05) is 5.73 Å². The molecule has 0 radical (unpaired) electrons. The minimum Gasteiger partial charge on any atom is -0.383 e. The zero-order valence-corrected chi connectivity index (χ0v) is 8.74. The average molecular weight is 193 g/mol. The van der Waals surface area contributed by atoms with Gasteiger partial charge in [-0.1, -0.05) is 19.4 Å². The van der Waals surface area contributed by atoms with Crippen molar-refractivity contribution < 1.29 is 0 Å². The van der Waals surface area contributed by atoms with Gasteiger partial charge < -0.3 is 11.5 Å². The molecule has 3 heteroatoms. The number of nitrogens with two attached hydrogens (primary N) is 2. The van der Waals surface area contributed by atoms with Gasteiger partial charge in [0.25, 0.3) is 0 Å². The van der Waals surface area contributed by atoms with Crippen LogP contribution in [0, 0.1) is 0 Å². The van der Waals surface area contributed by atoms with E-state index >= 15 is 0 Å². The fourth-order valence-electron chi connectivity index (χ4n) is 1.52. The number of anilines is 1. The van der Waals surface area contributed by atoms with E-state index in [2.05, 4.69) is 11.9 Å². The largest absolute Gasteiger partial charge is 0.383 e. The SMILES string of the molecule is CCCC(N)CCc1cccnc1N. The monoisotopic (exact) mass is 193 g/mol. The highest BCUT2D eigenvalue weighted by molar-refractivity contribution is 5.38. The molecule has 1 heterocycles. The molecule has 0 amide bonds. The van der Waals surface area contributed by atoms with Gasteiger partial charge in [-0.2, -0.15) is 0 Å². The first-order valence-electron chi connectivity index (χ1n) is 5.19. The fourth-order valence-corrected chi connectivity index (χ4v) is 1.52.